The van der Waals surface area contributed by atoms with Crippen molar-refractivity contribution in [3.8, 4) is 0 Å². The molecule has 1 aromatic carbocycles. The number of rotatable bonds is 2. The summed E-state index contributed by atoms with van der Waals surface area (Å²) in [5.41, 5.74) is 0.417. The Bertz CT molecular complexity index is 487. The Kier molecular flexibility index (Phi) is 2.99. The first-order valence-electron chi connectivity index (χ1n) is 5.75. The van der Waals surface area contributed by atoms with E-state index < -0.39 is 17.6 Å². The third-order valence-corrected chi connectivity index (χ3v) is 3.63. The summed E-state index contributed by atoms with van der Waals surface area (Å²) in [4.78, 5) is 0. The molecule has 0 spiro atoms. The standard InChI is InChI=1S/C14H14F4/c1-7(2)12-8(3)13(12)9-4-5-10(11(15)6-9)14(16,17)18/h4-6,8,12-13H,1H2,2-3H3. The van der Waals surface area contributed by atoms with Gasteiger partial charge in [0.1, 0.15) is 5.82 Å². The zero-order chi connectivity index (χ0) is 13.7. The van der Waals surface area contributed by atoms with Crippen molar-refractivity contribution >= 4 is 0 Å². The number of alkyl halides is 3. The van der Waals surface area contributed by atoms with Gasteiger partial charge in [0.15, 0.2) is 0 Å². The van der Waals surface area contributed by atoms with E-state index in [1.165, 1.54) is 6.07 Å². The highest BCUT2D eigenvalue weighted by Gasteiger charge is 2.48. The summed E-state index contributed by atoms with van der Waals surface area (Å²) in [5.74, 6) is -0.529. The Hall–Kier alpha value is -1.32. The van der Waals surface area contributed by atoms with Crippen LogP contribution >= 0.6 is 0 Å². The molecule has 1 aliphatic rings. The second-order valence-electron chi connectivity index (χ2n) is 4.99. The van der Waals surface area contributed by atoms with Crippen LogP contribution in [0, 0.1) is 17.7 Å². The Morgan fingerprint density at radius 2 is 1.89 bits per heavy atom. The minimum Gasteiger partial charge on any atom is -0.206 e. The molecule has 0 nitrogen and oxygen atoms in total. The average molecular weight is 258 g/mol. The summed E-state index contributed by atoms with van der Waals surface area (Å²) in [6, 6.07) is 3.20. The van der Waals surface area contributed by atoms with Crippen LogP contribution in [0.2, 0.25) is 0 Å². The molecule has 3 unspecified atom stereocenters. The summed E-state index contributed by atoms with van der Waals surface area (Å²) in [5, 5.41) is 0. The molecule has 0 amide bonds. The second kappa shape index (κ2) is 4.11. The highest BCUT2D eigenvalue weighted by molar-refractivity contribution is 5.36. The summed E-state index contributed by atoms with van der Waals surface area (Å²) in [6.07, 6.45) is -4.63. The predicted octanol–water partition coefficient (Wildman–Crippen LogP) is 4.77. The highest BCUT2D eigenvalue weighted by Crippen LogP contribution is 2.57. The van der Waals surface area contributed by atoms with E-state index in [2.05, 4.69) is 6.58 Å². The number of hydrogen-bond donors (Lipinski definition) is 0. The summed E-state index contributed by atoms with van der Waals surface area (Å²) >= 11 is 0. The van der Waals surface area contributed by atoms with Gasteiger partial charge in [-0.2, -0.15) is 13.2 Å². The molecule has 0 N–H and O–H groups in total. The molecule has 0 aliphatic heterocycles. The average Bonchev–Trinajstić information content (AvgIpc) is 2.88. The summed E-state index contributed by atoms with van der Waals surface area (Å²) < 4.78 is 50.7. The second-order valence-corrected chi connectivity index (χ2v) is 4.99. The van der Waals surface area contributed by atoms with E-state index in [-0.39, 0.29) is 11.8 Å². The fourth-order valence-corrected chi connectivity index (χ4v) is 2.70. The van der Waals surface area contributed by atoms with Gasteiger partial charge in [0.25, 0.3) is 0 Å². The maximum Gasteiger partial charge on any atom is 0.419 e. The molecular weight excluding hydrogens is 244 g/mol. The van der Waals surface area contributed by atoms with Gasteiger partial charge < -0.3 is 0 Å². The first kappa shape index (κ1) is 13.1. The first-order valence-corrected chi connectivity index (χ1v) is 5.75. The molecule has 18 heavy (non-hydrogen) atoms. The van der Waals surface area contributed by atoms with Gasteiger partial charge in [-0.25, -0.2) is 4.39 Å². The van der Waals surface area contributed by atoms with Crippen LogP contribution in [0.25, 0.3) is 0 Å². The predicted molar refractivity (Wildman–Crippen MR) is 61.6 cm³/mol. The lowest BCUT2D eigenvalue weighted by Crippen LogP contribution is -2.08. The minimum atomic E-state index is -4.63. The van der Waals surface area contributed by atoms with Crippen LogP contribution < -0.4 is 0 Å². The van der Waals surface area contributed by atoms with Gasteiger partial charge in [-0.15, -0.1) is 0 Å². The number of halogens is 4. The fraction of sp³-hybridized carbons (Fsp3) is 0.429. The van der Waals surface area contributed by atoms with E-state index >= 15 is 0 Å². The van der Waals surface area contributed by atoms with Gasteiger partial charge in [-0.05, 0) is 42.4 Å². The van der Waals surface area contributed by atoms with Crippen LogP contribution in [0.3, 0.4) is 0 Å². The van der Waals surface area contributed by atoms with E-state index in [1.807, 2.05) is 13.8 Å². The van der Waals surface area contributed by atoms with E-state index in [9.17, 15) is 17.6 Å². The van der Waals surface area contributed by atoms with Gasteiger partial charge in [-0.1, -0.05) is 25.1 Å². The van der Waals surface area contributed by atoms with Gasteiger partial charge in [0.05, 0.1) is 5.56 Å². The zero-order valence-corrected chi connectivity index (χ0v) is 10.2. The number of benzene rings is 1. The molecule has 1 saturated carbocycles. The Balaban J connectivity index is 2.29. The maximum absolute atomic E-state index is 13.4. The number of hydrogen-bond acceptors (Lipinski definition) is 0. The summed E-state index contributed by atoms with van der Waals surface area (Å²) in [6.45, 7) is 7.74. The van der Waals surface area contributed by atoms with Crippen molar-refractivity contribution in [1.82, 2.24) is 0 Å². The normalized spacial score (nSPS) is 27.1. The van der Waals surface area contributed by atoms with Crippen LogP contribution in [0.15, 0.2) is 30.4 Å². The Morgan fingerprint density at radius 1 is 1.28 bits per heavy atom. The molecule has 1 aliphatic carbocycles. The quantitative estimate of drug-likeness (QED) is 0.529. The molecule has 0 aromatic heterocycles. The molecule has 0 saturated heterocycles. The van der Waals surface area contributed by atoms with Gasteiger partial charge in [-0.3, -0.25) is 0 Å². The van der Waals surface area contributed by atoms with Crippen molar-refractivity contribution in [2.45, 2.75) is 25.9 Å². The molecule has 98 valence electrons. The highest BCUT2D eigenvalue weighted by atomic mass is 19.4. The van der Waals surface area contributed by atoms with Gasteiger partial charge >= 0.3 is 6.18 Å². The zero-order valence-electron chi connectivity index (χ0n) is 10.2. The van der Waals surface area contributed by atoms with E-state index in [0.717, 1.165) is 17.7 Å². The Labute approximate surface area is 103 Å². The summed E-state index contributed by atoms with van der Waals surface area (Å²) in [7, 11) is 0. The van der Waals surface area contributed by atoms with Crippen molar-refractivity contribution in [3.63, 3.8) is 0 Å². The fourth-order valence-electron chi connectivity index (χ4n) is 2.70. The molecule has 0 heterocycles. The van der Waals surface area contributed by atoms with Crippen LogP contribution in [0.4, 0.5) is 17.6 Å². The molecule has 0 bridgehead atoms. The van der Waals surface area contributed by atoms with Crippen LogP contribution in [-0.2, 0) is 6.18 Å². The largest absolute Gasteiger partial charge is 0.419 e. The van der Waals surface area contributed by atoms with Crippen LogP contribution in [0.5, 0.6) is 0 Å². The smallest absolute Gasteiger partial charge is 0.206 e. The molecule has 4 heteroatoms. The monoisotopic (exact) mass is 258 g/mol. The molecular formula is C14H14F4. The molecule has 3 atom stereocenters. The lowest BCUT2D eigenvalue weighted by molar-refractivity contribution is -0.140. The topological polar surface area (TPSA) is 0 Å². The lowest BCUT2D eigenvalue weighted by atomic mass is 10.0. The van der Waals surface area contributed by atoms with Gasteiger partial charge in [0, 0.05) is 0 Å². The first-order chi connectivity index (χ1) is 8.23. The molecule has 1 fully saturated rings. The van der Waals surface area contributed by atoms with Crippen LogP contribution in [0.1, 0.15) is 30.9 Å². The van der Waals surface area contributed by atoms with Crippen molar-refractivity contribution in [2.24, 2.45) is 11.8 Å². The van der Waals surface area contributed by atoms with E-state index in [1.54, 1.807) is 0 Å². The molecule has 2 rings (SSSR count). The third kappa shape index (κ3) is 2.16. The van der Waals surface area contributed by atoms with E-state index in [0.29, 0.717) is 11.5 Å². The van der Waals surface area contributed by atoms with E-state index in [4.69, 9.17) is 0 Å². The van der Waals surface area contributed by atoms with Crippen molar-refractivity contribution in [2.75, 3.05) is 0 Å². The lowest BCUT2D eigenvalue weighted by Gasteiger charge is -2.09. The molecule has 0 radical (unpaired) electrons. The Morgan fingerprint density at radius 3 is 2.28 bits per heavy atom. The van der Waals surface area contributed by atoms with Crippen LogP contribution in [-0.4, -0.2) is 0 Å². The number of allylic oxidation sites excluding steroid dienone is 1. The molecule has 1 aromatic rings. The third-order valence-electron chi connectivity index (χ3n) is 3.63. The minimum absolute atomic E-state index is 0.0966. The van der Waals surface area contributed by atoms with Crippen molar-refractivity contribution < 1.29 is 17.6 Å². The van der Waals surface area contributed by atoms with Crippen molar-refractivity contribution in [1.29, 1.82) is 0 Å². The van der Waals surface area contributed by atoms with Gasteiger partial charge in [0.2, 0.25) is 0 Å². The maximum atomic E-state index is 13.4. The SMILES string of the molecule is C=C(C)C1C(C)C1c1ccc(C(F)(F)F)c(F)c1. The van der Waals surface area contributed by atoms with Crippen molar-refractivity contribution in [3.05, 3.63) is 47.3 Å².